The van der Waals surface area contributed by atoms with E-state index < -0.39 is 40.7 Å². The van der Waals surface area contributed by atoms with Crippen LogP contribution in [0.5, 0.6) is 0 Å². The highest BCUT2D eigenvalue weighted by Gasteiger charge is 2.27. The van der Waals surface area contributed by atoms with Crippen LogP contribution >= 0.6 is 11.6 Å². The molecule has 2 aromatic rings. The molecule has 1 heterocycles. The van der Waals surface area contributed by atoms with E-state index in [0.717, 1.165) is 6.20 Å². The van der Waals surface area contributed by atoms with Crippen molar-refractivity contribution in [2.45, 2.75) is 0 Å². The number of hydrogen-bond donors (Lipinski definition) is 1. The van der Waals surface area contributed by atoms with Gasteiger partial charge in [-0.25, -0.2) is 22.0 Å². The van der Waals surface area contributed by atoms with Gasteiger partial charge in [-0.15, -0.1) is 0 Å². The lowest BCUT2D eigenvalue weighted by atomic mass is 10.2. The molecule has 0 atom stereocenters. The number of halogens is 6. The number of rotatable bonds is 2. The van der Waals surface area contributed by atoms with E-state index in [1.807, 2.05) is 0 Å². The summed E-state index contributed by atoms with van der Waals surface area (Å²) in [7, 11) is 0. The molecule has 0 bridgehead atoms. The van der Waals surface area contributed by atoms with Crippen molar-refractivity contribution in [1.29, 1.82) is 0 Å². The second-order valence-corrected chi connectivity index (χ2v) is 4.16. The molecule has 0 fully saturated rings. The molecule has 21 heavy (non-hydrogen) atoms. The van der Waals surface area contributed by atoms with Crippen molar-refractivity contribution in [1.82, 2.24) is 4.98 Å². The van der Waals surface area contributed by atoms with E-state index in [9.17, 15) is 26.7 Å². The first kappa shape index (κ1) is 15.2. The number of benzene rings is 1. The van der Waals surface area contributed by atoms with Crippen LogP contribution in [-0.2, 0) is 0 Å². The standard InChI is InChI=1S/C12H4ClF5N2O/c13-5-1-2-19-3-4(5)12(21)20-11-9(17)7(15)6(14)8(16)10(11)18/h1-3H,(H,20,21). The van der Waals surface area contributed by atoms with Gasteiger partial charge in [0.05, 0.1) is 10.6 Å². The number of carbonyl (C=O) groups is 1. The molecule has 0 saturated heterocycles. The monoisotopic (exact) mass is 322 g/mol. The van der Waals surface area contributed by atoms with E-state index in [4.69, 9.17) is 11.6 Å². The van der Waals surface area contributed by atoms with E-state index in [-0.39, 0.29) is 10.6 Å². The van der Waals surface area contributed by atoms with E-state index in [1.165, 1.54) is 12.3 Å². The molecule has 0 aliphatic rings. The minimum absolute atomic E-state index is 0.105. The Morgan fingerprint density at radius 3 is 2.05 bits per heavy atom. The first-order chi connectivity index (χ1) is 9.84. The Morgan fingerprint density at radius 2 is 1.52 bits per heavy atom. The zero-order valence-electron chi connectivity index (χ0n) is 9.86. The maximum atomic E-state index is 13.4. The summed E-state index contributed by atoms with van der Waals surface area (Å²) in [5.74, 6) is -12.1. The molecule has 0 aliphatic carbocycles. The number of nitrogens with zero attached hydrogens (tertiary/aromatic N) is 1. The van der Waals surface area contributed by atoms with E-state index >= 15 is 0 Å². The van der Waals surface area contributed by atoms with Crippen molar-refractivity contribution in [2.24, 2.45) is 0 Å². The Morgan fingerprint density at radius 1 is 1.00 bits per heavy atom. The molecule has 0 spiro atoms. The van der Waals surface area contributed by atoms with Crippen molar-refractivity contribution >= 4 is 23.2 Å². The largest absolute Gasteiger partial charge is 0.317 e. The number of pyridine rings is 1. The molecule has 0 radical (unpaired) electrons. The summed E-state index contributed by atoms with van der Waals surface area (Å²) in [6, 6.07) is 1.22. The summed E-state index contributed by atoms with van der Waals surface area (Å²) >= 11 is 5.66. The number of nitrogens with one attached hydrogen (secondary N) is 1. The molecule has 1 N–H and O–H groups in total. The number of aromatic nitrogens is 1. The maximum Gasteiger partial charge on any atom is 0.258 e. The summed E-state index contributed by atoms with van der Waals surface area (Å²) in [6.45, 7) is 0. The molecular formula is C12H4ClF5N2O. The minimum Gasteiger partial charge on any atom is -0.317 e. The number of hydrogen-bond acceptors (Lipinski definition) is 2. The number of anilines is 1. The minimum atomic E-state index is -2.32. The van der Waals surface area contributed by atoms with Gasteiger partial charge in [0.2, 0.25) is 5.82 Å². The van der Waals surface area contributed by atoms with Crippen LogP contribution in [-0.4, -0.2) is 10.9 Å². The topological polar surface area (TPSA) is 42.0 Å². The molecule has 1 amide bonds. The van der Waals surface area contributed by atoms with E-state index in [2.05, 4.69) is 4.98 Å². The quantitative estimate of drug-likeness (QED) is 0.520. The highest BCUT2D eigenvalue weighted by atomic mass is 35.5. The summed E-state index contributed by atoms with van der Waals surface area (Å²) in [6.07, 6.45) is 2.22. The second kappa shape index (κ2) is 5.65. The molecule has 0 aliphatic heterocycles. The zero-order chi connectivity index (χ0) is 15.7. The van der Waals surface area contributed by atoms with Gasteiger partial charge in [-0.1, -0.05) is 11.6 Å². The number of amides is 1. The predicted molar refractivity (Wildman–Crippen MR) is 63.4 cm³/mol. The lowest BCUT2D eigenvalue weighted by Crippen LogP contribution is -2.17. The van der Waals surface area contributed by atoms with Crippen molar-refractivity contribution in [3.8, 4) is 0 Å². The van der Waals surface area contributed by atoms with Gasteiger partial charge >= 0.3 is 0 Å². The van der Waals surface area contributed by atoms with Crippen molar-refractivity contribution < 1.29 is 26.7 Å². The maximum absolute atomic E-state index is 13.4. The first-order valence-corrected chi connectivity index (χ1v) is 5.64. The summed E-state index contributed by atoms with van der Waals surface area (Å²) in [5, 5.41) is 1.48. The number of carbonyl (C=O) groups excluding carboxylic acids is 1. The van der Waals surface area contributed by atoms with Gasteiger partial charge in [-0.3, -0.25) is 9.78 Å². The van der Waals surface area contributed by atoms with Gasteiger partial charge in [0.15, 0.2) is 23.3 Å². The van der Waals surface area contributed by atoms with E-state index in [1.54, 1.807) is 5.32 Å². The van der Waals surface area contributed by atoms with E-state index in [0.29, 0.717) is 0 Å². The molecule has 1 aromatic carbocycles. The van der Waals surface area contributed by atoms with Crippen molar-refractivity contribution in [3.05, 3.63) is 58.1 Å². The second-order valence-electron chi connectivity index (χ2n) is 3.75. The Balaban J connectivity index is 2.46. The van der Waals surface area contributed by atoms with Crippen LogP contribution in [0.4, 0.5) is 27.6 Å². The Labute approximate surface area is 119 Å². The van der Waals surface area contributed by atoms with Crippen molar-refractivity contribution in [3.63, 3.8) is 0 Å². The first-order valence-electron chi connectivity index (χ1n) is 5.27. The molecule has 9 heteroatoms. The fraction of sp³-hybridized carbons (Fsp3) is 0. The third-order valence-electron chi connectivity index (χ3n) is 2.46. The SMILES string of the molecule is O=C(Nc1c(F)c(F)c(F)c(F)c1F)c1cnccc1Cl. The van der Waals surface area contributed by atoms with Crippen LogP contribution < -0.4 is 5.32 Å². The predicted octanol–water partition coefficient (Wildman–Crippen LogP) is 3.68. The molecule has 2 rings (SSSR count). The Kier molecular flexibility index (Phi) is 4.08. The van der Waals surface area contributed by atoms with Crippen LogP contribution in [0, 0.1) is 29.1 Å². The van der Waals surface area contributed by atoms with Crippen LogP contribution in [0.3, 0.4) is 0 Å². The van der Waals surface area contributed by atoms with Crippen LogP contribution in [0.2, 0.25) is 5.02 Å². The third kappa shape index (κ3) is 2.66. The normalized spacial score (nSPS) is 10.6. The lowest BCUT2D eigenvalue weighted by molar-refractivity contribution is 0.102. The highest BCUT2D eigenvalue weighted by Crippen LogP contribution is 2.28. The Bertz CT molecular complexity index is 709. The van der Waals surface area contributed by atoms with Gasteiger partial charge in [-0.2, -0.15) is 0 Å². The molecule has 0 unspecified atom stereocenters. The molecule has 1 aromatic heterocycles. The fourth-order valence-corrected chi connectivity index (χ4v) is 1.63. The molecular weight excluding hydrogens is 319 g/mol. The smallest absolute Gasteiger partial charge is 0.258 e. The average molecular weight is 323 g/mol. The van der Waals surface area contributed by atoms with Gasteiger partial charge in [0.25, 0.3) is 5.91 Å². The van der Waals surface area contributed by atoms with Gasteiger partial charge in [0, 0.05) is 12.4 Å². The third-order valence-corrected chi connectivity index (χ3v) is 2.79. The van der Waals surface area contributed by atoms with Gasteiger partial charge < -0.3 is 5.32 Å². The van der Waals surface area contributed by atoms with Gasteiger partial charge in [0.1, 0.15) is 5.69 Å². The summed E-state index contributed by atoms with van der Waals surface area (Å²) < 4.78 is 65.6. The van der Waals surface area contributed by atoms with Crippen LogP contribution in [0.1, 0.15) is 10.4 Å². The fourth-order valence-electron chi connectivity index (χ4n) is 1.44. The zero-order valence-corrected chi connectivity index (χ0v) is 10.6. The lowest BCUT2D eigenvalue weighted by Gasteiger charge is -2.10. The average Bonchev–Trinajstić information content (AvgIpc) is 2.48. The molecule has 0 saturated carbocycles. The van der Waals surface area contributed by atoms with Gasteiger partial charge in [-0.05, 0) is 6.07 Å². The Hall–Kier alpha value is -2.22. The summed E-state index contributed by atoms with van der Waals surface area (Å²) in [4.78, 5) is 15.3. The molecule has 110 valence electrons. The van der Waals surface area contributed by atoms with Crippen molar-refractivity contribution in [2.75, 3.05) is 5.32 Å². The van der Waals surface area contributed by atoms with Crippen LogP contribution in [0.15, 0.2) is 18.5 Å². The molecule has 3 nitrogen and oxygen atoms in total. The summed E-state index contributed by atoms with van der Waals surface area (Å²) in [5.41, 5.74) is -1.75. The van der Waals surface area contributed by atoms with Crippen LogP contribution in [0.25, 0.3) is 0 Å². The highest BCUT2D eigenvalue weighted by molar-refractivity contribution is 6.34.